The molecule has 1 amide bonds. The third-order valence-corrected chi connectivity index (χ3v) is 6.37. The Morgan fingerprint density at radius 1 is 1.29 bits per heavy atom. The van der Waals surface area contributed by atoms with Crippen molar-refractivity contribution in [3.8, 4) is 11.5 Å². The van der Waals surface area contributed by atoms with Crippen LogP contribution in [0.25, 0.3) is 0 Å². The highest BCUT2D eigenvalue weighted by Gasteiger charge is 2.48. The van der Waals surface area contributed by atoms with Crippen molar-refractivity contribution in [2.24, 2.45) is 0 Å². The van der Waals surface area contributed by atoms with Crippen LogP contribution in [0.5, 0.6) is 11.5 Å². The molecule has 12 heteroatoms. The molecule has 31 heavy (non-hydrogen) atoms. The Bertz CT molecular complexity index is 1150. The fraction of sp³-hybridized carbons (Fsp3) is 0.263. The van der Waals surface area contributed by atoms with E-state index in [0.717, 1.165) is 9.56 Å². The zero-order chi connectivity index (χ0) is 21.8. The van der Waals surface area contributed by atoms with E-state index < -0.39 is 24.2 Å². The number of anilines is 2. The Morgan fingerprint density at radius 2 is 2.10 bits per heavy atom. The molecule has 1 aromatic carbocycles. The summed E-state index contributed by atoms with van der Waals surface area (Å²) in [6.07, 6.45) is -4.83. The number of fused-ring (bicyclic) bond motifs is 2. The van der Waals surface area contributed by atoms with Crippen LogP contribution in [0.15, 0.2) is 35.7 Å². The number of amides is 1. The number of rotatable bonds is 3. The van der Waals surface area contributed by atoms with E-state index in [0.29, 0.717) is 17.2 Å². The molecule has 2 N–H and O–H groups in total. The molecule has 2 aromatic heterocycles. The standard InChI is InChI=1S/C19H14ClF3N4O3S/c20-15-16(18(28)24-9-3-4-11-12(6-9)30-8-29-11)26-27-14(19(21,22)23)7-10(25-17(15)27)13-2-1-5-31-13/h1-6,10,14,25H,7-8H2,(H,24,28). The average Bonchev–Trinajstić information content (AvgIpc) is 3.46. The van der Waals surface area contributed by atoms with Crippen LogP contribution in [-0.4, -0.2) is 28.7 Å². The molecule has 162 valence electrons. The topological polar surface area (TPSA) is 77.4 Å². The lowest BCUT2D eigenvalue weighted by Gasteiger charge is -2.32. The quantitative estimate of drug-likeness (QED) is 0.547. The number of hydrogen-bond acceptors (Lipinski definition) is 6. The fourth-order valence-corrected chi connectivity index (χ4v) is 4.63. The third-order valence-electron chi connectivity index (χ3n) is 5.03. The van der Waals surface area contributed by atoms with Crippen LogP contribution in [0.2, 0.25) is 5.02 Å². The summed E-state index contributed by atoms with van der Waals surface area (Å²) in [7, 11) is 0. The van der Waals surface area contributed by atoms with Crippen molar-refractivity contribution in [3.05, 3.63) is 51.3 Å². The number of nitrogens with one attached hydrogen (secondary N) is 2. The molecule has 2 aliphatic rings. The molecular weight excluding hydrogens is 457 g/mol. The van der Waals surface area contributed by atoms with Crippen LogP contribution in [-0.2, 0) is 0 Å². The van der Waals surface area contributed by atoms with Crippen molar-refractivity contribution in [2.45, 2.75) is 24.7 Å². The summed E-state index contributed by atoms with van der Waals surface area (Å²) in [5.41, 5.74) is 0.0657. The van der Waals surface area contributed by atoms with Crippen molar-refractivity contribution >= 4 is 40.4 Å². The first-order valence-electron chi connectivity index (χ1n) is 9.17. The normalized spacial score (nSPS) is 19.6. The first-order valence-corrected chi connectivity index (χ1v) is 10.4. The lowest BCUT2D eigenvalue weighted by atomic mass is 10.0. The van der Waals surface area contributed by atoms with E-state index in [9.17, 15) is 18.0 Å². The zero-order valence-corrected chi connectivity index (χ0v) is 17.1. The summed E-state index contributed by atoms with van der Waals surface area (Å²) < 4.78 is 52.6. The Kier molecular flexibility index (Phi) is 4.74. The second-order valence-corrected chi connectivity index (χ2v) is 8.34. The lowest BCUT2D eigenvalue weighted by Crippen LogP contribution is -2.35. The zero-order valence-electron chi connectivity index (χ0n) is 15.6. The molecule has 2 atom stereocenters. The van der Waals surface area contributed by atoms with Crippen LogP contribution in [0.4, 0.5) is 24.7 Å². The molecule has 2 aliphatic heterocycles. The van der Waals surface area contributed by atoms with Gasteiger partial charge in [-0.2, -0.15) is 18.3 Å². The highest BCUT2D eigenvalue weighted by atomic mass is 35.5. The van der Waals surface area contributed by atoms with Crippen LogP contribution in [0, 0.1) is 0 Å². The number of alkyl halides is 3. The Hall–Kier alpha value is -2.92. The molecular formula is C19H14ClF3N4O3S. The number of aromatic nitrogens is 2. The minimum atomic E-state index is -4.56. The van der Waals surface area contributed by atoms with Gasteiger partial charge in [-0.1, -0.05) is 17.7 Å². The number of carbonyl (C=O) groups excluding carboxylic acids is 1. The number of hydrogen-bond donors (Lipinski definition) is 2. The minimum absolute atomic E-state index is 0.0375. The van der Waals surface area contributed by atoms with Gasteiger partial charge in [0.05, 0.1) is 6.04 Å². The number of benzene rings is 1. The van der Waals surface area contributed by atoms with Crippen LogP contribution in [0.1, 0.15) is 33.9 Å². The summed E-state index contributed by atoms with van der Waals surface area (Å²) in [6, 6.07) is 5.75. The van der Waals surface area contributed by atoms with Gasteiger partial charge in [-0.25, -0.2) is 4.68 Å². The van der Waals surface area contributed by atoms with E-state index in [1.54, 1.807) is 35.7 Å². The summed E-state index contributed by atoms with van der Waals surface area (Å²) in [4.78, 5) is 13.5. The molecule has 3 aromatic rings. The van der Waals surface area contributed by atoms with Crippen LogP contribution in [0.3, 0.4) is 0 Å². The van der Waals surface area contributed by atoms with Gasteiger partial charge in [0.2, 0.25) is 6.79 Å². The number of nitrogens with zero attached hydrogens (tertiary/aromatic N) is 2. The van der Waals surface area contributed by atoms with Gasteiger partial charge in [-0.15, -0.1) is 11.3 Å². The first-order chi connectivity index (χ1) is 14.8. The van der Waals surface area contributed by atoms with Crippen molar-refractivity contribution in [1.82, 2.24) is 9.78 Å². The number of thiophene rings is 1. The Morgan fingerprint density at radius 3 is 2.84 bits per heavy atom. The van der Waals surface area contributed by atoms with E-state index in [4.69, 9.17) is 21.1 Å². The molecule has 0 saturated heterocycles. The molecule has 0 bridgehead atoms. The van der Waals surface area contributed by atoms with Gasteiger partial charge in [0.25, 0.3) is 5.91 Å². The minimum Gasteiger partial charge on any atom is -0.454 e. The summed E-state index contributed by atoms with van der Waals surface area (Å²) in [5.74, 6) is 0.210. The van der Waals surface area contributed by atoms with Crippen molar-refractivity contribution in [1.29, 1.82) is 0 Å². The van der Waals surface area contributed by atoms with Gasteiger partial charge >= 0.3 is 6.18 Å². The maximum Gasteiger partial charge on any atom is 0.410 e. The van der Waals surface area contributed by atoms with Gasteiger partial charge in [0, 0.05) is 23.1 Å². The van der Waals surface area contributed by atoms with E-state index in [1.165, 1.54) is 11.3 Å². The van der Waals surface area contributed by atoms with Gasteiger partial charge in [0.1, 0.15) is 10.8 Å². The molecule has 0 spiro atoms. The third kappa shape index (κ3) is 3.57. The van der Waals surface area contributed by atoms with E-state index in [-0.39, 0.29) is 29.7 Å². The smallest absolute Gasteiger partial charge is 0.410 e. The summed E-state index contributed by atoms with van der Waals surface area (Å²) >= 11 is 7.67. The predicted octanol–water partition coefficient (Wildman–Crippen LogP) is 5.24. The van der Waals surface area contributed by atoms with E-state index in [2.05, 4.69) is 15.7 Å². The molecule has 7 nitrogen and oxygen atoms in total. The maximum atomic E-state index is 13.8. The molecule has 5 rings (SSSR count). The number of ether oxygens (including phenoxy) is 2. The van der Waals surface area contributed by atoms with Gasteiger partial charge in [-0.05, 0) is 23.6 Å². The van der Waals surface area contributed by atoms with Crippen molar-refractivity contribution < 1.29 is 27.4 Å². The molecule has 4 heterocycles. The largest absolute Gasteiger partial charge is 0.454 e. The molecule has 0 aliphatic carbocycles. The highest BCUT2D eigenvalue weighted by Crippen LogP contribution is 2.47. The average molecular weight is 471 g/mol. The molecule has 2 unspecified atom stereocenters. The monoisotopic (exact) mass is 470 g/mol. The van der Waals surface area contributed by atoms with Crippen LogP contribution < -0.4 is 20.1 Å². The van der Waals surface area contributed by atoms with Crippen molar-refractivity contribution in [3.63, 3.8) is 0 Å². The first kappa shape index (κ1) is 20.0. The highest BCUT2D eigenvalue weighted by molar-refractivity contribution is 7.10. The predicted molar refractivity (Wildman–Crippen MR) is 108 cm³/mol. The summed E-state index contributed by atoms with van der Waals surface area (Å²) in [5, 5.41) is 11.1. The second-order valence-electron chi connectivity index (χ2n) is 6.98. The van der Waals surface area contributed by atoms with Gasteiger partial charge in [0.15, 0.2) is 23.2 Å². The maximum absolute atomic E-state index is 13.8. The van der Waals surface area contributed by atoms with Gasteiger partial charge < -0.3 is 20.1 Å². The Balaban J connectivity index is 1.47. The van der Waals surface area contributed by atoms with Gasteiger partial charge in [-0.3, -0.25) is 4.79 Å². The second kappa shape index (κ2) is 7.34. The van der Waals surface area contributed by atoms with Crippen LogP contribution >= 0.6 is 22.9 Å². The lowest BCUT2D eigenvalue weighted by molar-refractivity contribution is -0.173. The van der Waals surface area contributed by atoms with E-state index in [1.807, 2.05) is 0 Å². The molecule has 0 fully saturated rings. The Labute approximate surface area is 182 Å². The fourth-order valence-electron chi connectivity index (χ4n) is 3.58. The van der Waals surface area contributed by atoms with Crippen molar-refractivity contribution in [2.75, 3.05) is 17.4 Å². The number of halogens is 4. The molecule has 0 saturated carbocycles. The summed E-state index contributed by atoms with van der Waals surface area (Å²) in [6.45, 7) is 0.0717. The molecule has 0 radical (unpaired) electrons. The van der Waals surface area contributed by atoms with E-state index >= 15 is 0 Å². The SMILES string of the molecule is O=C(Nc1ccc2c(c1)OCO2)c1nn2c(c1Cl)NC(c1cccs1)CC2C(F)(F)F. The number of carbonyl (C=O) groups is 1.